The second-order valence-electron chi connectivity index (χ2n) is 6.48. The fourth-order valence-corrected chi connectivity index (χ4v) is 1.39. The van der Waals surface area contributed by atoms with Gasteiger partial charge < -0.3 is 9.47 Å². The maximum Gasteiger partial charge on any atom is 0.0624 e. The quantitative estimate of drug-likeness (QED) is 0.597. The topological polar surface area (TPSA) is 18.5 Å². The number of hydrogen-bond acceptors (Lipinski definition) is 2. The molecule has 0 rings (SSSR count). The van der Waals surface area contributed by atoms with E-state index >= 15 is 0 Å². The summed E-state index contributed by atoms with van der Waals surface area (Å²) in [4.78, 5) is 0. The highest BCUT2D eigenvalue weighted by atomic mass is 16.5. The molecule has 0 aliphatic heterocycles. The molecular formula is C15H32O2. The number of rotatable bonds is 9. The lowest BCUT2D eigenvalue weighted by Crippen LogP contribution is -2.33. The minimum Gasteiger partial charge on any atom is -0.378 e. The summed E-state index contributed by atoms with van der Waals surface area (Å²) in [5.74, 6) is 0. The van der Waals surface area contributed by atoms with Crippen molar-refractivity contribution in [3.05, 3.63) is 0 Å². The van der Waals surface area contributed by atoms with Gasteiger partial charge in [-0.05, 0) is 33.6 Å². The van der Waals surface area contributed by atoms with Crippen LogP contribution in [0.1, 0.15) is 67.7 Å². The Balaban J connectivity index is 3.95. The van der Waals surface area contributed by atoms with Gasteiger partial charge in [0.15, 0.2) is 0 Å². The molecule has 0 aliphatic carbocycles. The summed E-state index contributed by atoms with van der Waals surface area (Å²) in [6.45, 7) is 16.7. The Morgan fingerprint density at radius 2 is 1.59 bits per heavy atom. The van der Waals surface area contributed by atoms with Gasteiger partial charge in [0, 0.05) is 5.41 Å². The van der Waals surface area contributed by atoms with Crippen LogP contribution in [0.2, 0.25) is 0 Å². The second-order valence-corrected chi connectivity index (χ2v) is 6.48. The van der Waals surface area contributed by atoms with E-state index in [1.165, 1.54) is 6.42 Å². The van der Waals surface area contributed by atoms with Crippen molar-refractivity contribution in [1.82, 2.24) is 0 Å². The fraction of sp³-hybridized carbons (Fsp3) is 1.00. The average Bonchev–Trinajstić information content (AvgIpc) is 2.25. The highest BCUT2D eigenvalue weighted by molar-refractivity contribution is 4.72. The Morgan fingerprint density at radius 1 is 1.00 bits per heavy atom. The largest absolute Gasteiger partial charge is 0.378 e. The van der Waals surface area contributed by atoms with E-state index in [1.54, 1.807) is 0 Å². The van der Waals surface area contributed by atoms with Crippen LogP contribution in [0.5, 0.6) is 0 Å². The molecule has 0 aliphatic rings. The van der Waals surface area contributed by atoms with Gasteiger partial charge in [0.1, 0.15) is 0 Å². The molecule has 0 radical (unpaired) electrons. The van der Waals surface area contributed by atoms with Crippen LogP contribution in [0, 0.1) is 5.41 Å². The van der Waals surface area contributed by atoms with Crippen molar-refractivity contribution in [3.8, 4) is 0 Å². The standard InChI is InChI=1S/C15H32O2/c1-8-10-13(3)16-11-14(4,5)12-17-15(6,7)9-2/h13H,8-12H2,1-7H3. The molecule has 0 fully saturated rings. The second kappa shape index (κ2) is 7.38. The highest BCUT2D eigenvalue weighted by Gasteiger charge is 2.24. The highest BCUT2D eigenvalue weighted by Crippen LogP contribution is 2.22. The number of hydrogen-bond donors (Lipinski definition) is 0. The van der Waals surface area contributed by atoms with E-state index in [1.807, 2.05) is 0 Å². The third kappa shape index (κ3) is 8.62. The summed E-state index contributed by atoms with van der Waals surface area (Å²) in [6.07, 6.45) is 3.72. The molecule has 2 nitrogen and oxygen atoms in total. The Labute approximate surface area is 108 Å². The van der Waals surface area contributed by atoms with Crippen molar-refractivity contribution in [1.29, 1.82) is 0 Å². The Kier molecular flexibility index (Phi) is 7.34. The Hall–Kier alpha value is -0.0800. The van der Waals surface area contributed by atoms with Gasteiger partial charge in [0.05, 0.1) is 24.9 Å². The van der Waals surface area contributed by atoms with Crippen LogP contribution in [-0.4, -0.2) is 24.9 Å². The molecule has 1 atom stereocenters. The first-order chi connectivity index (χ1) is 7.72. The van der Waals surface area contributed by atoms with Crippen LogP contribution in [-0.2, 0) is 9.47 Å². The first-order valence-electron chi connectivity index (χ1n) is 6.98. The van der Waals surface area contributed by atoms with Crippen molar-refractivity contribution in [2.24, 2.45) is 5.41 Å². The lowest BCUT2D eigenvalue weighted by Gasteiger charge is -2.32. The van der Waals surface area contributed by atoms with Crippen molar-refractivity contribution in [3.63, 3.8) is 0 Å². The normalized spacial score (nSPS) is 15.0. The molecule has 0 saturated carbocycles. The Bertz CT molecular complexity index is 197. The number of ether oxygens (including phenoxy) is 2. The molecule has 1 unspecified atom stereocenters. The van der Waals surface area contributed by atoms with E-state index < -0.39 is 0 Å². The monoisotopic (exact) mass is 244 g/mol. The third-order valence-corrected chi connectivity index (χ3v) is 3.16. The van der Waals surface area contributed by atoms with Gasteiger partial charge in [-0.3, -0.25) is 0 Å². The zero-order chi connectivity index (χ0) is 13.5. The molecular weight excluding hydrogens is 212 g/mol. The molecule has 2 heteroatoms. The molecule has 0 heterocycles. The average molecular weight is 244 g/mol. The van der Waals surface area contributed by atoms with E-state index in [-0.39, 0.29) is 11.0 Å². The van der Waals surface area contributed by atoms with E-state index in [9.17, 15) is 0 Å². The minimum atomic E-state index is -0.0215. The van der Waals surface area contributed by atoms with E-state index in [0.717, 1.165) is 26.1 Å². The summed E-state index contributed by atoms with van der Waals surface area (Å²) in [7, 11) is 0. The van der Waals surface area contributed by atoms with Crippen LogP contribution >= 0.6 is 0 Å². The summed E-state index contributed by atoms with van der Waals surface area (Å²) >= 11 is 0. The molecule has 104 valence electrons. The summed E-state index contributed by atoms with van der Waals surface area (Å²) in [6, 6.07) is 0. The third-order valence-electron chi connectivity index (χ3n) is 3.16. The predicted molar refractivity (Wildman–Crippen MR) is 74.4 cm³/mol. The zero-order valence-corrected chi connectivity index (χ0v) is 12.9. The van der Waals surface area contributed by atoms with Crippen LogP contribution in [0.3, 0.4) is 0 Å². The van der Waals surface area contributed by atoms with Gasteiger partial charge in [-0.25, -0.2) is 0 Å². The molecule has 0 N–H and O–H groups in total. The van der Waals surface area contributed by atoms with Crippen LogP contribution in [0.4, 0.5) is 0 Å². The van der Waals surface area contributed by atoms with Crippen molar-refractivity contribution in [2.45, 2.75) is 79.4 Å². The molecule has 0 aromatic heterocycles. The lowest BCUT2D eigenvalue weighted by atomic mass is 9.95. The first kappa shape index (κ1) is 16.9. The smallest absolute Gasteiger partial charge is 0.0624 e. The lowest BCUT2D eigenvalue weighted by molar-refractivity contribution is -0.0860. The maximum absolute atomic E-state index is 5.96. The summed E-state index contributed by atoms with van der Waals surface area (Å²) in [5, 5.41) is 0. The Morgan fingerprint density at radius 3 is 2.06 bits per heavy atom. The molecule has 0 aromatic rings. The molecule has 0 amide bonds. The van der Waals surface area contributed by atoms with E-state index in [0.29, 0.717) is 6.10 Å². The van der Waals surface area contributed by atoms with Crippen molar-refractivity contribution >= 4 is 0 Å². The first-order valence-corrected chi connectivity index (χ1v) is 6.98. The van der Waals surface area contributed by atoms with Gasteiger partial charge >= 0.3 is 0 Å². The van der Waals surface area contributed by atoms with Gasteiger partial charge in [0.25, 0.3) is 0 Å². The summed E-state index contributed by atoms with van der Waals surface area (Å²) in [5.41, 5.74) is 0.0702. The maximum atomic E-state index is 5.96. The van der Waals surface area contributed by atoms with E-state index in [4.69, 9.17) is 9.47 Å². The fourth-order valence-electron chi connectivity index (χ4n) is 1.39. The molecule has 17 heavy (non-hydrogen) atoms. The minimum absolute atomic E-state index is 0.0215. The predicted octanol–water partition coefficient (Wildman–Crippen LogP) is 4.42. The molecule has 0 bridgehead atoms. The van der Waals surface area contributed by atoms with Gasteiger partial charge in [-0.2, -0.15) is 0 Å². The molecule has 0 spiro atoms. The van der Waals surface area contributed by atoms with E-state index in [2.05, 4.69) is 48.5 Å². The van der Waals surface area contributed by atoms with Crippen LogP contribution in [0.25, 0.3) is 0 Å². The van der Waals surface area contributed by atoms with Crippen LogP contribution < -0.4 is 0 Å². The molecule has 0 saturated heterocycles. The van der Waals surface area contributed by atoms with Gasteiger partial charge in [-0.15, -0.1) is 0 Å². The van der Waals surface area contributed by atoms with Crippen molar-refractivity contribution < 1.29 is 9.47 Å². The van der Waals surface area contributed by atoms with Gasteiger partial charge in [0.2, 0.25) is 0 Å². The van der Waals surface area contributed by atoms with Crippen LogP contribution in [0.15, 0.2) is 0 Å². The SMILES string of the molecule is CCCC(C)OCC(C)(C)COC(C)(C)CC. The zero-order valence-electron chi connectivity index (χ0n) is 12.9. The van der Waals surface area contributed by atoms with Crippen molar-refractivity contribution in [2.75, 3.05) is 13.2 Å². The molecule has 0 aromatic carbocycles. The van der Waals surface area contributed by atoms with Gasteiger partial charge in [-0.1, -0.05) is 34.1 Å². The summed E-state index contributed by atoms with van der Waals surface area (Å²) < 4.78 is 11.8.